The van der Waals surface area contributed by atoms with Crippen LogP contribution in [0.1, 0.15) is 386 Å². The van der Waals surface area contributed by atoms with Crippen molar-refractivity contribution in [3.63, 3.8) is 0 Å². The minimum atomic E-state index is -0.838. The molecule has 0 heterocycles. The zero-order chi connectivity index (χ0) is 53.4. The zero-order valence-electron chi connectivity index (χ0n) is 50.6. The number of carbonyl (C=O) groups is 1. The number of allylic oxidation sites excluding steroid dienone is 5. The number of unbranched alkanes of at least 4 members (excludes halogenated alkanes) is 53. The first-order valence-corrected chi connectivity index (χ1v) is 34.2. The van der Waals surface area contributed by atoms with Gasteiger partial charge in [0, 0.05) is 6.42 Å². The summed E-state index contributed by atoms with van der Waals surface area (Å²) >= 11 is 0. The van der Waals surface area contributed by atoms with Gasteiger partial charge in [0.05, 0.1) is 18.8 Å². The fourth-order valence-corrected chi connectivity index (χ4v) is 10.9. The summed E-state index contributed by atoms with van der Waals surface area (Å²) < 4.78 is 0. The molecule has 0 bridgehead atoms. The van der Waals surface area contributed by atoms with E-state index in [1.54, 1.807) is 6.08 Å². The quantitative estimate of drug-likeness (QED) is 0.0420. The first-order chi connectivity index (χ1) is 36.7. The van der Waals surface area contributed by atoms with Gasteiger partial charge in [-0.1, -0.05) is 365 Å². The van der Waals surface area contributed by atoms with Gasteiger partial charge in [-0.25, -0.2) is 0 Å². The molecule has 2 atom stereocenters. The van der Waals surface area contributed by atoms with Gasteiger partial charge in [0.15, 0.2) is 0 Å². The van der Waals surface area contributed by atoms with Crippen molar-refractivity contribution in [1.82, 2.24) is 5.32 Å². The van der Waals surface area contributed by atoms with Crippen molar-refractivity contribution in [3.8, 4) is 0 Å². The number of aliphatic hydroxyl groups is 2. The van der Waals surface area contributed by atoms with Gasteiger partial charge in [0.1, 0.15) is 0 Å². The average Bonchev–Trinajstić information content (AvgIpc) is 3.40. The Kier molecular flexibility index (Phi) is 64.7. The van der Waals surface area contributed by atoms with E-state index in [-0.39, 0.29) is 12.5 Å². The number of aliphatic hydroxyl groups excluding tert-OH is 2. The molecule has 74 heavy (non-hydrogen) atoms. The second-order valence-corrected chi connectivity index (χ2v) is 23.6. The van der Waals surface area contributed by atoms with Gasteiger partial charge in [0.25, 0.3) is 0 Å². The van der Waals surface area contributed by atoms with Crippen molar-refractivity contribution in [2.75, 3.05) is 6.61 Å². The number of hydrogen-bond acceptors (Lipinski definition) is 3. The van der Waals surface area contributed by atoms with Crippen molar-refractivity contribution in [2.24, 2.45) is 0 Å². The van der Waals surface area contributed by atoms with Gasteiger partial charge in [-0.05, 0) is 51.4 Å². The van der Waals surface area contributed by atoms with E-state index in [1.165, 1.54) is 334 Å². The topological polar surface area (TPSA) is 69.6 Å². The molecule has 0 aromatic heterocycles. The molecule has 0 spiro atoms. The molecule has 0 aliphatic rings. The van der Waals surface area contributed by atoms with E-state index < -0.39 is 12.1 Å². The molecule has 1 amide bonds. The maximum Gasteiger partial charge on any atom is 0.220 e. The third-order valence-corrected chi connectivity index (χ3v) is 16.1. The van der Waals surface area contributed by atoms with E-state index in [1.807, 2.05) is 6.08 Å². The molecular formula is C70H135NO3. The molecule has 4 nitrogen and oxygen atoms in total. The summed E-state index contributed by atoms with van der Waals surface area (Å²) in [7, 11) is 0. The fraction of sp³-hybridized carbons (Fsp3) is 0.900. The summed E-state index contributed by atoms with van der Waals surface area (Å²) in [6.45, 7) is 4.34. The van der Waals surface area contributed by atoms with Crippen LogP contribution in [0.5, 0.6) is 0 Å². The summed E-state index contributed by atoms with van der Waals surface area (Å²) in [5.74, 6) is -0.0552. The molecule has 0 saturated carbocycles. The summed E-state index contributed by atoms with van der Waals surface area (Å²) in [5.41, 5.74) is 0. The predicted octanol–water partition coefficient (Wildman–Crippen LogP) is 23.2. The van der Waals surface area contributed by atoms with Gasteiger partial charge in [-0.15, -0.1) is 0 Å². The largest absolute Gasteiger partial charge is 0.394 e. The monoisotopic (exact) mass is 1040 g/mol. The van der Waals surface area contributed by atoms with E-state index >= 15 is 0 Å². The van der Waals surface area contributed by atoms with Crippen LogP contribution in [0.25, 0.3) is 0 Å². The van der Waals surface area contributed by atoms with E-state index in [9.17, 15) is 15.0 Å². The highest BCUT2D eigenvalue weighted by molar-refractivity contribution is 5.76. The smallest absolute Gasteiger partial charge is 0.220 e. The van der Waals surface area contributed by atoms with Crippen molar-refractivity contribution >= 4 is 5.91 Å². The molecule has 3 N–H and O–H groups in total. The van der Waals surface area contributed by atoms with Crippen LogP contribution in [-0.2, 0) is 4.79 Å². The Hall–Kier alpha value is -1.39. The number of amides is 1. The third-order valence-electron chi connectivity index (χ3n) is 16.1. The van der Waals surface area contributed by atoms with Crippen molar-refractivity contribution in [3.05, 3.63) is 36.5 Å². The van der Waals surface area contributed by atoms with E-state index in [0.717, 1.165) is 32.1 Å². The van der Waals surface area contributed by atoms with Crippen molar-refractivity contribution in [1.29, 1.82) is 0 Å². The first kappa shape index (κ1) is 72.6. The molecule has 0 fully saturated rings. The minimum absolute atomic E-state index is 0.0552. The Bertz CT molecular complexity index is 1130. The fourth-order valence-electron chi connectivity index (χ4n) is 10.9. The maximum absolute atomic E-state index is 12.5. The lowest BCUT2D eigenvalue weighted by atomic mass is 10.0. The Morgan fingerprint density at radius 1 is 0.324 bits per heavy atom. The SMILES string of the molecule is CCCCCCC/C=C\C/C=C\CCCCCCCCCCCCCCCCCCCCCCCCCCCCCC(=O)NC(CO)C(O)/C=C/CCCCCCCCCCCCCCCCCCCCCCC. The molecule has 2 unspecified atom stereocenters. The predicted molar refractivity (Wildman–Crippen MR) is 332 cm³/mol. The van der Waals surface area contributed by atoms with Crippen LogP contribution in [0.3, 0.4) is 0 Å². The van der Waals surface area contributed by atoms with Crippen LogP contribution in [0, 0.1) is 0 Å². The molecule has 0 saturated heterocycles. The van der Waals surface area contributed by atoms with Crippen LogP contribution in [0.15, 0.2) is 36.5 Å². The average molecular weight is 1040 g/mol. The highest BCUT2D eigenvalue weighted by Gasteiger charge is 2.18. The Morgan fingerprint density at radius 2 is 0.554 bits per heavy atom. The maximum atomic E-state index is 12.5. The first-order valence-electron chi connectivity index (χ1n) is 34.2. The second kappa shape index (κ2) is 65.9. The third kappa shape index (κ3) is 61.5. The molecule has 0 radical (unpaired) electrons. The van der Waals surface area contributed by atoms with Gasteiger partial charge in [0.2, 0.25) is 5.91 Å². The number of nitrogens with one attached hydrogen (secondary N) is 1. The lowest BCUT2D eigenvalue weighted by Gasteiger charge is -2.20. The van der Waals surface area contributed by atoms with Crippen molar-refractivity contribution < 1.29 is 15.0 Å². The number of carbonyl (C=O) groups excluding carboxylic acids is 1. The normalized spacial score (nSPS) is 12.9. The van der Waals surface area contributed by atoms with Crippen LogP contribution in [-0.4, -0.2) is 34.9 Å². The van der Waals surface area contributed by atoms with Crippen LogP contribution < -0.4 is 5.32 Å². The van der Waals surface area contributed by atoms with Crippen LogP contribution >= 0.6 is 0 Å². The summed E-state index contributed by atoms with van der Waals surface area (Å²) in [5, 5.41) is 23.3. The number of hydrogen-bond donors (Lipinski definition) is 3. The highest BCUT2D eigenvalue weighted by atomic mass is 16.3. The standard InChI is InChI=1S/C70H135NO3/c1-3-5-7-9-11-13-15-17-19-21-23-25-27-28-29-30-31-32-33-34-35-36-37-38-39-40-41-42-44-46-48-50-52-54-56-58-60-62-64-66-70(74)71-68(67-72)69(73)65-63-61-59-57-55-53-51-49-47-45-43-26-24-22-20-18-16-14-12-10-8-6-4-2/h15,17,21,23,63,65,68-69,72-73H,3-14,16,18-20,22,24-62,64,66-67H2,1-2H3,(H,71,74)/b17-15-,23-21-,65-63+. The molecule has 4 heteroatoms. The van der Waals surface area contributed by atoms with E-state index in [4.69, 9.17) is 0 Å². The molecule has 0 rings (SSSR count). The molecular weight excluding hydrogens is 903 g/mol. The van der Waals surface area contributed by atoms with Gasteiger partial charge in [-0.2, -0.15) is 0 Å². The second-order valence-electron chi connectivity index (χ2n) is 23.6. The summed E-state index contributed by atoms with van der Waals surface area (Å²) in [6.07, 6.45) is 90.9. The van der Waals surface area contributed by atoms with Crippen LogP contribution in [0.2, 0.25) is 0 Å². The highest BCUT2D eigenvalue weighted by Crippen LogP contribution is 2.19. The summed E-state index contributed by atoms with van der Waals surface area (Å²) in [6, 6.07) is -0.621. The Labute approximate surface area is 465 Å². The lowest BCUT2D eigenvalue weighted by molar-refractivity contribution is -0.123. The molecule has 0 aliphatic carbocycles. The van der Waals surface area contributed by atoms with E-state index in [0.29, 0.717) is 6.42 Å². The van der Waals surface area contributed by atoms with Gasteiger partial charge < -0.3 is 15.5 Å². The van der Waals surface area contributed by atoms with Crippen LogP contribution in [0.4, 0.5) is 0 Å². The van der Waals surface area contributed by atoms with Crippen molar-refractivity contribution in [2.45, 2.75) is 398 Å². The lowest BCUT2D eigenvalue weighted by Crippen LogP contribution is -2.45. The minimum Gasteiger partial charge on any atom is -0.394 e. The Balaban J connectivity index is 3.39. The Morgan fingerprint density at radius 3 is 0.811 bits per heavy atom. The molecule has 438 valence electrons. The van der Waals surface area contributed by atoms with Gasteiger partial charge >= 0.3 is 0 Å². The summed E-state index contributed by atoms with van der Waals surface area (Å²) in [4.78, 5) is 12.5. The molecule has 0 aromatic rings. The molecule has 0 aliphatic heterocycles. The number of rotatable bonds is 64. The van der Waals surface area contributed by atoms with E-state index in [2.05, 4.69) is 43.5 Å². The zero-order valence-corrected chi connectivity index (χ0v) is 50.6. The van der Waals surface area contributed by atoms with Gasteiger partial charge in [-0.3, -0.25) is 4.79 Å². The molecule has 0 aromatic carbocycles.